The molecular weight excluding hydrogens is 438 g/mol. The van der Waals surface area contributed by atoms with Crippen LogP contribution in [0.4, 0.5) is 4.79 Å². The van der Waals surface area contributed by atoms with Crippen molar-refractivity contribution in [2.24, 2.45) is 0 Å². The van der Waals surface area contributed by atoms with Crippen LogP contribution in [0.1, 0.15) is 30.9 Å². The Morgan fingerprint density at radius 3 is 2.15 bits per heavy atom. The second-order valence-corrected chi connectivity index (χ2v) is 7.98. The molecule has 1 fully saturated rings. The Labute approximate surface area is 198 Å². The van der Waals surface area contributed by atoms with Crippen molar-refractivity contribution in [3.63, 3.8) is 0 Å². The Morgan fingerprint density at radius 2 is 1.53 bits per heavy atom. The Kier molecular flexibility index (Phi) is 9.02. The van der Waals surface area contributed by atoms with Crippen LogP contribution in [0.3, 0.4) is 0 Å². The number of amides is 3. The van der Waals surface area contributed by atoms with Crippen molar-refractivity contribution in [3.05, 3.63) is 71.8 Å². The maximum atomic E-state index is 12.9. The highest BCUT2D eigenvalue weighted by Gasteiger charge is 2.36. The molecule has 9 heteroatoms. The van der Waals surface area contributed by atoms with Gasteiger partial charge in [0.2, 0.25) is 11.8 Å². The SMILES string of the molecule is C[C@H](NC(=O)OCc1ccccc1)C(=O)N1CCC[C@@H]1C(=O)NCC(=O)OCc1ccccc1. The summed E-state index contributed by atoms with van der Waals surface area (Å²) in [7, 11) is 0. The number of nitrogens with zero attached hydrogens (tertiary/aromatic N) is 1. The van der Waals surface area contributed by atoms with E-state index >= 15 is 0 Å². The van der Waals surface area contributed by atoms with Crippen LogP contribution in [-0.4, -0.2) is 54.0 Å². The molecule has 34 heavy (non-hydrogen) atoms. The van der Waals surface area contributed by atoms with E-state index in [0.717, 1.165) is 11.1 Å². The molecular formula is C25H29N3O6. The van der Waals surface area contributed by atoms with Gasteiger partial charge in [-0.15, -0.1) is 0 Å². The number of ether oxygens (including phenoxy) is 2. The van der Waals surface area contributed by atoms with Gasteiger partial charge in [0.15, 0.2) is 0 Å². The summed E-state index contributed by atoms with van der Waals surface area (Å²) in [6, 6.07) is 16.8. The van der Waals surface area contributed by atoms with Crippen molar-refractivity contribution < 1.29 is 28.7 Å². The van der Waals surface area contributed by atoms with Crippen LogP contribution in [-0.2, 0) is 37.1 Å². The number of carbonyl (C=O) groups is 4. The first kappa shape index (κ1) is 24.8. The highest BCUT2D eigenvalue weighted by molar-refractivity contribution is 5.92. The minimum absolute atomic E-state index is 0.0860. The summed E-state index contributed by atoms with van der Waals surface area (Å²) in [4.78, 5) is 50.9. The van der Waals surface area contributed by atoms with E-state index < -0.39 is 30.1 Å². The van der Waals surface area contributed by atoms with Gasteiger partial charge in [0.1, 0.15) is 31.8 Å². The Morgan fingerprint density at radius 1 is 0.941 bits per heavy atom. The van der Waals surface area contributed by atoms with E-state index in [-0.39, 0.29) is 25.7 Å². The molecule has 0 unspecified atom stereocenters. The lowest BCUT2D eigenvalue weighted by molar-refractivity contribution is -0.146. The lowest BCUT2D eigenvalue weighted by Crippen LogP contribution is -2.53. The van der Waals surface area contributed by atoms with E-state index in [4.69, 9.17) is 9.47 Å². The first-order valence-electron chi connectivity index (χ1n) is 11.2. The zero-order chi connectivity index (χ0) is 24.3. The number of benzene rings is 2. The van der Waals surface area contributed by atoms with E-state index in [1.807, 2.05) is 60.7 Å². The second-order valence-electron chi connectivity index (χ2n) is 7.98. The van der Waals surface area contributed by atoms with Gasteiger partial charge in [-0.2, -0.15) is 0 Å². The van der Waals surface area contributed by atoms with E-state index in [1.165, 1.54) is 4.90 Å². The fourth-order valence-electron chi connectivity index (χ4n) is 3.62. The molecule has 1 aliphatic heterocycles. The van der Waals surface area contributed by atoms with E-state index in [2.05, 4.69) is 10.6 Å². The van der Waals surface area contributed by atoms with E-state index in [1.54, 1.807) is 6.92 Å². The number of likely N-dealkylation sites (tertiary alicyclic amines) is 1. The van der Waals surface area contributed by atoms with Crippen LogP contribution < -0.4 is 10.6 Å². The molecule has 0 spiro atoms. The van der Waals surface area contributed by atoms with Gasteiger partial charge in [0.05, 0.1) is 0 Å². The summed E-state index contributed by atoms with van der Waals surface area (Å²) in [6.45, 7) is 1.85. The molecule has 0 saturated carbocycles. The summed E-state index contributed by atoms with van der Waals surface area (Å²) in [5, 5.41) is 5.05. The number of alkyl carbamates (subject to hydrolysis) is 1. The molecule has 0 radical (unpaired) electrons. The molecule has 1 heterocycles. The second kappa shape index (κ2) is 12.4. The third kappa shape index (κ3) is 7.33. The number of hydrogen-bond acceptors (Lipinski definition) is 6. The molecule has 2 aromatic carbocycles. The number of rotatable bonds is 9. The van der Waals surface area contributed by atoms with Crippen LogP contribution in [0.2, 0.25) is 0 Å². The normalized spacial score (nSPS) is 15.8. The molecule has 1 aliphatic rings. The Bertz CT molecular complexity index is 983. The van der Waals surface area contributed by atoms with Crippen molar-refractivity contribution in [1.29, 1.82) is 0 Å². The van der Waals surface area contributed by atoms with Gasteiger partial charge in [-0.25, -0.2) is 4.79 Å². The molecule has 180 valence electrons. The van der Waals surface area contributed by atoms with Gasteiger partial charge < -0.3 is 25.0 Å². The first-order valence-corrected chi connectivity index (χ1v) is 11.2. The standard InChI is InChI=1S/C25H29N3O6/c1-18(27-25(32)34-17-20-11-6-3-7-12-20)24(31)28-14-8-13-21(28)23(30)26-15-22(29)33-16-19-9-4-2-5-10-19/h2-7,9-12,18,21H,8,13-17H2,1H3,(H,26,30)(H,27,32)/t18-,21+/m0/s1. The molecule has 2 N–H and O–H groups in total. The van der Waals surface area contributed by atoms with E-state index in [9.17, 15) is 19.2 Å². The zero-order valence-electron chi connectivity index (χ0n) is 19.1. The highest BCUT2D eigenvalue weighted by Crippen LogP contribution is 2.18. The highest BCUT2D eigenvalue weighted by atomic mass is 16.5. The van der Waals surface area contributed by atoms with Gasteiger partial charge in [-0.3, -0.25) is 14.4 Å². The van der Waals surface area contributed by atoms with Crippen LogP contribution in [0.25, 0.3) is 0 Å². The molecule has 1 saturated heterocycles. The smallest absolute Gasteiger partial charge is 0.408 e. The third-order valence-electron chi connectivity index (χ3n) is 5.41. The summed E-state index contributed by atoms with van der Waals surface area (Å²) in [5.41, 5.74) is 1.67. The average molecular weight is 468 g/mol. The zero-order valence-corrected chi connectivity index (χ0v) is 19.1. The minimum atomic E-state index is -0.868. The fraction of sp³-hybridized carbons (Fsp3) is 0.360. The monoisotopic (exact) mass is 467 g/mol. The Hall–Kier alpha value is -3.88. The quantitative estimate of drug-likeness (QED) is 0.547. The maximum Gasteiger partial charge on any atom is 0.408 e. The van der Waals surface area contributed by atoms with Crippen LogP contribution in [0.5, 0.6) is 0 Å². The Balaban J connectivity index is 1.42. The number of esters is 1. The maximum absolute atomic E-state index is 12.9. The van der Waals surface area contributed by atoms with Gasteiger partial charge in [0.25, 0.3) is 0 Å². The summed E-state index contributed by atoms with van der Waals surface area (Å²) in [6.07, 6.45) is 0.404. The molecule has 3 amide bonds. The van der Waals surface area contributed by atoms with Crippen molar-refractivity contribution in [1.82, 2.24) is 15.5 Å². The minimum Gasteiger partial charge on any atom is -0.460 e. The molecule has 0 aromatic heterocycles. The molecule has 0 bridgehead atoms. The number of carbonyl (C=O) groups excluding carboxylic acids is 4. The van der Waals surface area contributed by atoms with Gasteiger partial charge in [-0.05, 0) is 30.9 Å². The van der Waals surface area contributed by atoms with Crippen molar-refractivity contribution in [3.8, 4) is 0 Å². The molecule has 2 aromatic rings. The summed E-state index contributed by atoms with van der Waals surface area (Å²) in [5.74, 6) is -1.38. The number of hydrogen-bond donors (Lipinski definition) is 2. The van der Waals surface area contributed by atoms with Crippen molar-refractivity contribution in [2.75, 3.05) is 13.1 Å². The van der Waals surface area contributed by atoms with E-state index in [0.29, 0.717) is 19.4 Å². The molecule has 3 rings (SSSR count). The van der Waals surface area contributed by atoms with Gasteiger partial charge in [-0.1, -0.05) is 60.7 Å². The first-order chi connectivity index (χ1) is 16.4. The van der Waals surface area contributed by atoms with Crippen LogP contribution >= 0.6 is 0 Å². The summed E-state index contributed by atoms with van der Waals surface area (Å²) < 4.78 is 10.3. The largest absolute Gasteiger partial charge is 0.460 e. The van der Waals surface area contributed by atoms with Crippen LogP contribution in [0.15, 0.2) is 60.7 Å². The van der Waals surface area contributed by atoms with Gasteiger partial charge >= 0.3 is 12.1 Å². The molecule has 2 atom stereocenters. The lowest BCUT2D eigenvalue weighted by atomic mass is 10.2. The number of nitrogens with one attached hydrogen (secondary N) is 2. The van der Waals surface area contributed by atoms with Crippen molar-refractivity contribution >= 4 is 23.9 Å². The molecule has 9 nitrogen and oxygen atoms in total. The van der Waals surface area contributed by atoms with Crippen molar-refractivity contribution in [2.45, 2.75) is 45.1 Å². The average Bonchev–Trinajstić information content (AvgIpc) is 3.35. The predicted octanol–water partition coefficient (Wildman–Crippen LogP) is 2.15. The van der Waals surface area contributed by atoms with Crippen LogP contribution in [0, 0.1) is 0 Å². The topological polar surface area (TPSA) is 114 Å². The third-order valence-corrected chi connectivity index (χ3v) is 5.41. The summed E-state index contributed by atoms with van der Waals surface area (Å²) >= 11 is 0. The predicted molar refractivity (Wildman–Crippen MR) is 123 cm³/mol. The lowest BCUT2D eigenvalue weighted by Gasteiger charge is -2.27. The molecule has 0 aliphatic carbocycles. The van der Waals surface area contributed by atoms with Gasteiger partial charge in [0, 0.05) is 6.54 Å². The fourth-order valence-corrected chi connectivity index (χ4v) is 3.62.